The number of hydrogen-bond donors (Lipinski definition) is 1. The van der Waals surface area contributed by atoms with Gasteiger partial charge in [0.2, 0.25) is 16.0 Å². The Morgan fingerprint density at radius 2 is 1.87 bits per heavy atom. The molecule has 0 aliphatic carbocycles. The third-order valence-electron chi connectivity index (χ3n) is 4.74. The van der Waals surface area contributed by atoms with E-state index in [4.69, 9.17) is 16.3 Å². The third-order valence-corrected chi connectivity index (χ3v) is 6.96. The average molecular weight is 462 g/mol. The Labute approximate surface area is 184 Å². The molecular formula is C20H20ClN5O4S. The van der Waals surface area contributed by atoms with Crippen molar-refractivity contribution in [1.29, 1.82) is 0 Å². The van der Waals surface area contributed by atoms with Gasteiger partial charge in [-0.05, 0) is 23.8 Å². The molecular weight excluding hydrogens is 442 g/mol. The van der Waals surface area contributed by atoms with Crippen LogP contribution in [0.5, 0.6) is 0 Å². The number of rotatable bonds is 6. The topological polar surface area (TPSA) is 106 Å². The Kier molecular flexibility index (Phi) is 6.33. The molecule has 162 valence electrons. The maximum Gasteiger partial charge on any atom is 0.259 e. The fourth-order valence-electron chi connectivity index (χ4n) is 3.14. The summed E-state index contributed by atoms with van der Waals surface area (Å²) in [6, 6.07) is 13.7. The Balaban J connectivity index is 1.50. The van der Waals surface area contributed by atoms with Crippen LogP contribution in [0.4, 0.5) is 5.95 Å². The fourth-order valence-corrected chi connectivity index (χ4v) is 4.78. The summed E-state index contributed by atoms with van der Waals surface area (Å²) in [4.78, 5) is 16.8. The van der Waals surface area contributed by atoms with Crippen LogP contribution in [0.25, 0.3) is 0 Å². The van der Waals surface area contributed by atoms with E-state index in [-0.39, 0.29) is 34.5 Å². The van der Waals surface area contributed by atoms with Gasteiger partial charge in [0.05, 0.1) is 35.2 Å². The number of carbonyl (C=O) groups is 1. The lowest BCUT2D eigenvalue weighted by molar-refractivity contribution is 0.0730. The number of aromatic nitrogens is 3. The molecule has 1 fully saturated rings. The van der Waals surface area contributed by atoms with Crippen LogP contribution in [-0.4, -0.2) is 59.7 Å². The number of hydrogen-bond acceptors (Lipinski definition) is 6. The van der Waals surface area contributed by atoms with Gasteiger partial charge >= 0.3 is 0 Å². The zero-order valence-electron chi connectivity index (χ0n) is 16.4. The van der Waals surface area contributed by atoms with Crippen LogP contribution in [-0.2, 0) is 21.3 Å². The number of nitrogens with zero attached hydrogens (tertiary/aromatic N) is 4. The monoisotopic (exact) mass is 461 g/mol. The van der Waals surface area contributed by atoms with Gasteiger partial charge in [-0.2, -0.15) is 4.31 Å². The van der Waals surface area contributed by atoms with Crippen molar-refractivity contribution in [2.75, 3.05) is 31.6 Å². The van der Waals surface area contributed by atoms with Crippen LogP contribution < -0.4 is 5.32 Å². The minimum Gasteiger partial charge on any atom is -0.379 e. The first-order chi connectivity index (χ1) is 14.9. The summed E-state index contributed by atoms with van der Waals surface area (Å²) < 4.78 is 33.9. The summed E-state index contributed by atoms with van der Waals surface area (Å²) in [5.74, 6) is -0.500. The minimum atomic E-state index is -3.76. The average Bonchev–Trinajstić information content (AvgIpc) is 3.21. The van der Waals surface area contributed by atoms with Gasteiger partial charge < -0.3 is 4.74 Å². The molecule has 31 heavy (non-hydrogen) atoms. The zero-order chi connectivity index (χ0) is 21.8. The van der Waals surface area contributed by atoms with Crippen LogP contribution >= 0.6 is 11.6 Å². The van der Waals surface area contributed by atoms with Gasteiger partial charge in [-0.15, -0.1) is 5.10 Å². The lowest BCUT2D eigenvalue weighted by atomic mass is 10.2. The molecule has 2 aromatic carbocycles. The predicted molar refractivity (Wildman–Crippen MR) is 115 cm³/mol. The van der Waals surface area contributed by atoms with E-state index >= 15 is 0 Å². The van der Waals surface area contributed by atoms with E-state index in [0.29, 0.717) is 19.8 Å². The van der Waals surface area contributed by atoms with Crippen molar-refractivity contribution in [3.63, 3.8) is 0 Å². The minimum absolute atomic E-state index is 0.00786. The van der Waals surface area contributed by atoms with Gasteiger partial charge in [-0.3, -0.25) is 10.1 Å². The van der Waals surface area contributed by atoms with Gasteiger partial charge in [-0.1, -0.05) is 41.9 Å². The van der Waals surface area contributed by atoms with Crippen molar-refractivity contribution in [3.05, 3.63) is 71.0 Å². The molecule has 0 atom stereocenters. The van der Waals surface area contributed by atoms with Crippen LogP contribution in [0.2, 0.25) is 5.02 Å². The Bertz CT molecular complexity index is 1180. The molecule has 0 bridgehead atoms. The lowest BCUT2D eigenvalue weighted by Crippen LogP contribution is -2.40. The van der Waals surface area contributed by atoms with Crippen molar-refractivity contribution >= 4 is 33.5 Å². The normalized spacial score (nSPS) is 15.0. The SMILES string of the molecule is O=C(Nc1ncn(Cc2ccccc2)n1)c1cc(S(=O)(=O)N2CCOCC2)ccc1Cl. The molecule has 1 amide bonds. The van der Waals surface area contributed by atoms with E-state index in [0.717, 1.165) is 5.56 Å². The zero-order valence-corrected chi connectivity index (χ0v) is 18.0. The molecule has 11 heteroatoms. The van der Waals surface area contributed by atoms with Gasteiger partial charge in [0, 0.05) is 13.1 Å². The number of sulfonamides is 1. The standard InChI is InChI=1S/C20H20ClN5O4S/c21-18-7-6-16(31(28,29)26-8-10-30-11-9-26)12-17(18)19(27)23-20-22-14-25(24-20)13-15-4-2-1-3-5-15/h1-7,12,14H,8-11,13H2,(H,23,24,27). The number of halogens is 1. The molecule has 1 N–H and O–H groups in total. The lowest BCUT2D eigenvalue weighted by Gasteiger charge is -2.26. The number of amides is 1. The molecule has 0 unspecified atom stereocenters. The van der Waals surface area contributed by atoms with Crippen molar-refractivity contribution in [3.8, 4) is 0 Å². The second-order valence-corrected chi connectivity index (χ2v) is 9.21. The second-order valence-electron chi connectivity index (χ2n) is 6.86. The summed E-state index contributed by atoms with van der Waals surface area (Å²) >= 11 is 6.17. The smallest absolute Gasteiger partial charge is 0.259 e. The maximum absolute atomic E-state index is 12.9. The summed E-state index contributed by atoms with van der Waals surface area (Å²) in [5.41, 5.74) is 1.06. The maximum atomic E-state index is 12.9. The molecule has 0 spiro atoms. The number of benzene rings is 2. The largest absolute Gasteiger partial charge is 0.379 e. The van der Waals surface area contributed by atoms with Crippen molar-refractivity contribution in [2.24, 2.45) is 0 Å². The highest BCUT2D eigenvalue weighted by Crippen LogP contribution is 2.24. The van der Waals surface area contributed by atoms with Crippen molar-refractivity contribution < 1.29 is 17.9 Å². The quantitative estimate of drug-likeness (QED) is 0.603. The van der Waals surface area contributed by atoms with E-state index in [1.165, 1.54) is 28.8 Å². The molecule has 1 aliphatic heterocycles. The van der Waals surface area contributed by atoms with E-state index in [9.17, 15) is 13.2 Å². The summed E-state index contributed by atoms with van der Waals surface area (Å²) in [6.45, 7) is 1.68. The van der Waals surface area contributed by atoms with Crippen LogP contribution in [0.3, 0.4) is 0 Å². The van der Waals surface area contributed by atoms with Crippen LogP contribution in [0.1, 0.15) is 15.9 Å². The second kappa shape index (κ2) is 9.15. The third kappa shape index (κ3) is 4.93. The predicted octanol–water partition coefficient (Wildman–Crippen LogP) is 2.25. The first-order valence-corrected chi connectivity index (χ1v) is 11.4. The van der Waals surface area contributed by atoms with E-state index in [2.05, 4.69) is 15.4 Å². The Hall–Kier alpha value is -2.79. The van der Waals surface area contributed by atoms with Crippen LogP contribution in [0, 0.1) is 0 Å². The van der Waals surface area contributed by atoms with Crippen molar-refractivity contribution in [2.45, 2.75) is 11.4 Å². The molecule has 3 aromatic rings. The number of anilines is 1. The van der Waals surface area contributed by atoms with Gasteiger partial charge in [0.25, 0.3) is 5.91 Å². The fraction of sp³-hybridized carbons (Fsp3) is 0.250. The molecule has 9 nitrogen and oxygen atoms in total. The molecule has 1 saturated heterocycles. The Morgan fingerprint density at radius 3 is 2.61 bits per heavy atom. The van der Waals surface area contributed by atoms with E-state index in [1.54, 1.807) is 4.68 Å². The highest BCUT2D eigenvalue weighted by atomic mass is 35.5. The van der Waals surface area contributed by atoms with Gasteiger partial charge in [-0.25, -0.2) is 18.1 Å². The first-order valence-electron chi connectivity index (χ1n) is 9.56. The number of nitrogens with one attached hydrogen (secondary N) is 1. The molecule has 0 saturated carbocycles. The molecule has 4 rings (SSSR count). The van der Waals surface area contributed by atoms with Gasteiger partial charge in [0.1, 0.15) is 6.33 Å². The van der Waals surface area contributed by atoms with E-state index in [1.807, 2.05) is 30.3 Å². The highest BCUT2D eigenvalue weighted by molar-refractivity contribution is 7.89. The number of ether oxygens (including phenoxy) is 1. The number of carbonyl (C=O) groups excluding carboxylic acids is 1. The first kappa shape index (κ1) is 21.4. The Morgan fingerprint density at radius 1 is 1.13 bits per heavy atom. The molecule has 1 aromatic heterocycles. The van der Waals surface area contributed by atoms with Crippen LogP contribution in [0.15, 0.2) is 59.8 Å². The van der Waals surface area contributed by atoms with E-state index < -0.39 is 15.9 Å². The van der Waals surface area contributed by atoms with Gasteiger partial charge in [0.15, 0.2) is 0 Å². The summed E-state index contributed by atoms with van der Waals surface area (Å²) in [7, 11) is -3.76. The summed E-state index contributed by atoms with van der Waals surface area (Å²) in [6.07, 6.45) is 1.50. The molecule has 2 heterocycles. The molecule has 0 radical (unpaired) electrons. The number of morpholine rings is 1. The van der Waals surface area contributed by atoms with Crippen molar-refractivity contribution in [1.82, 2.24) is 19.1 Å². The molecule has 1 aliphatic rings. The summed E-state index contributed by atoms with van der Waals surface area (Å²) in [5, 5.41) is 6.93. The highest BCUT2D eigenvalue weighted by Gasteiger charge is 2.27.